The third-order valence-electron chi connectivity index (χ3n) is 5.36. The van der Waals surface area contributed by atoms with E-state index < -0.39 is 28.2 Å². The number of carbonyl (C=O) groups is 2. The van der Waals surface area contributed by atoms with Crippen LogP contribution >= 0.6 is 0 Å². The maximum Gasteiger partial charge on any atom is 0.319 e. The smallest absolute Gasteiger partial charge is 0.319 e. The van der Waals surface area contributed by atoms with Crippen LogP contribution in [0.1, 0.15) is 38.1 Å². The van der Waals surface area contributed by atoms with Crippen molar-refractivity contribution in [1.82, 2.24) is 14.5 Å². The molecule has 0 unspecified atom stereocenters. The van der Waals surface area contributed by atoms with E-state index in [0.717, 1.165) is 6.26 Å². The second-order valence-corrected chi connectivity index (χ2v) is 10.7. The Kier molecular flexibility index (Phi) is 8.49. The van der Waals surface area contributed by atoms with Crippen molar-refractivity contribution in [2.24, 2.45) is 5.92 Å². The number of sulfonamides is 1. The maximum absolute atomic E-state index is 13.3. The molecule has 2 rings (SSSR count). The summed E-state index contributed by atoms with van der Waals surface area (Å²) in [4.78, 5) is 27.2. The highest BCUT2D eigenvalue weighted by molar-refractivity contribution is 7.88. The number of anilines is 1. The van der Waals surface area contributed by atoms with Crippen LogP contribution in [-0.2, 0) is 10.0 Å². The highest BCUT2D eigenvalue weighted by Gasteiger charge is 2.35. The Morgan fingerprint density at radius 2 is 2.00 bits per heavy atom. The first-order valence-corrected chi connectivity index (χ1v) is 12.4. The molecule has 0 aliphatic carbocycles. The molecular weight excluding hydrogens is 436 g/mol. The molecule has 3 amide bonds. The van der Waals surface area contributed by atoms with E-state index in [0.29, 0.717) is 5.69 Å². The number of rotatable bonds is 7. The number of aliphatic hydroxyl groups excluding tert-OH is 1. The summed E-state index contributed by atoms with van der Waals surface area (Å²) >= 11 is 0. The molecule has 0 aromatic heterocycles. The Bertz CT molecular complexity index is 936. The van der Waals surface area contributed by atoms with Crippen molar-refractivity contribution in [3.8, 4) is 5.75 Å². The predicted molar refractivity (Wildman–Crippen MR) is 122 cm³/mol. The summed E-state index contributed by atoms with van der Waals surface area (Å²) in [5.41, 5.74) is 0.526. The van der Waals surface area contributed by atoms with E-state index in [4.69, 9.17) is 4.74 Å². The number of ether oxygens (including phenoxy) is 1. The average molecular weight is 471 g/mol. The highest BCUT2D eigenvalue weighted by atomic mass is 32.2. The average Bonchev–Trinajstić information content (AvgIpc) is 2.69. The molecule has 1 aliphatic rings. The third kappa shape index (κ3) is 6.33. The minimum absolute atomic E-state index is 0.0570. The van der Waals surface area contributed by atoms with Gasteiger partial charge in [0.2, 0.25) is 10.0 Å². The molecule has 180 valence electrons. The summed E-state index contributed by atoms with van der Waals surface area (Å²) in [5.74, 6) is -0.427. The zero-order valence-corrected chi connectivity index (χ0v) is 20.3. The Morgan fingerprint density at radius 3 is 2.56 bits per heavy atom. The second-order valence-electron chi connectivity index (χ2n) is 8.60. The molecule has 32 heavy (non-hydrogen) atoms. The van der Waals surface area contributed by atoms with Crippen LogP contribution in [0.15, 0.2) is 18.2 Å². The van der Waals surface area contributed by atoms with Gasteiger partial charge in [0.15, 0.2) is 5.75 Å². The van der Waals surface area contributed by atoms with Crippen LogP contribution in [-0.4, -0.2) is 85.9 Å². The Morgan fingerprint density at radius 1 is 1.34 bits per heavy atom. The van der Waals surface area contributed by atoms with E-state index >= 15 is 0 Å². The van der Waals surface area contributed by atoms with E-state index in [-0.39, 0.29) is 48.9 Å². The molecule has 1 aromatic carbocycles. The van der Waals surface area contributed by atoms with Gasteiger partial charge in [-0.3, -0.25) is 4.79 Å². The number of nitrogens with one attached hydrogen (secondary N) is 2. The zero-order valence-electron chi connectivity index (χ0n) is 19.5. The lowest BCUT2D eigenvalue weighted by Crippen LogP contribution is -2.50. The molecule has 3 atom stereocenters. The zero-order chi connectivity index (χ0) is 24.2. The fourth-order valence-electron chi connectivity index (χ4n) is 3.37. The first kappa shape index (κ1) is 25.9. The van der Waals surface area contributed by atoms with Crippen molar-refractivity contribution in [1.29, 1.82) is 0 Å². The first-order chi connectivity index (χ1) is 14.8. The molecule has 3 N–H and O–H groups in total. The molecular formula is C21H34N4O6S. The summed E-state index contributed by atoms with van der Waals surface area (Å²) < 4.78 is 31.4. The SMILES string of the molecule is CC(C)NC(=O)Nc1cccc2c1O[C@@H](CN(C)S(C)(=O)=O)[C@H](C)CN([C@H](C)CO)C2=O. The monoisotopic (exact) mass is 470 g/mol. The third-order valence-corrected chi connectivity index (χ3v) is 6.64. The van der Waals surface area contributed by atoms with Gasteiger partial charge >= 0.3 is 6.03 Å². The highest BCUT2D eigenvalue weighted by Crippen LogP contribution is 2.35. The summed E-state index contributed by atoms with van der Waals surface area (Å²) in [5, 5.41) is 15.1. The summed E-state index contributed by atoms with van der Waals surface area (Å²) in [6, 6.07) is 3.84. The van der Waals surface area contributed by atoms with E-state index in [1.807, 2.05) is 20.8 Å². The Hall–Kier alpha value is -2.37. The molecule has 0 bridgehead atoms. The largest absolute Gasteiger partial charge is 0.486 e. The molecule has 1 aromatic rings. The number of nitrogens with zero attached hydrogens (tertiary/aromatic N) is 2. The number of carbonyl (C=O) groups excluding carboxylic acids is 2. The normalized spacial score (nSPS) is 20.3. The van der Waals surface area contributed by atoms with Crippen LogP contribution in [0.2, 0.25) is 0 Å². The predicted octanol–water partition coefficient (Wildman–Crippen LogP) is 1.33. The number of urea groups is 1. The standard InChI is InChI=1S/C21H34N4O6S/c1-13(2)22-21(28)23-17-9-7-8-16-19(17)31-18(11-24(5)32(6,29)30)14(3)10-25(20(16)27)15(4)12-26/h7-9,13-15,18,26H,10-12H2,1-6H3,(H2,22,23,28)/t14-,15-,18+/m1/s1. The quantitative estimate of drug-likeness (QED) is 0.552. The summed E-state index contributed by atoms with van der Waals surface area (Å²) in [6.07, 6.45) is 0.507. The van der Waals surface area contributed by atoms with Gasteiger partial charge in [-0.1, -0.05) is 13.0 Å². The molecule has 0 spiro atoms. The molecule has 0 saturated heterocycles. The van der Waals surface area contributed by atoms with E-state index in [1.54, 1.807) is 30.0 Å². The van der Waals surface area contributed by atoms with Crippen molar-refractivity contribution in [2.75, 3.05) is 38.3 Å². The lowest BCUT2D eigenvalue weighted by Gasteiger charge is -2.38. The lowest BCUT2D eigenvalue weighted by molar-refractivity contribution is 0.0389. The number of aliphatic hydroxyl groups is 1. The van der Waals surface area contributed by atoms with Gasteiger partial charge in [-0.15, -0.1) is 0 Å². The van der Waals surface area contributed by atoms with Crippen LogP contribution in [0.25, 0.3) is 0 Å². The summed E-state index contributed by atoms with van der Waals surface area (Å²) in [6.45, 7) is 7.34. The van der Waals surface area contributed by atoms with Crippen molar-refractivity contribution in [2.45, 2.75) is 45.9 Å². The maximum atomic E-state index is 13.3. The van der Waals surface area contributed by atoms with Crippen LogP contribution in [0.4, 0.5) is 10.5 Å². The number of benzene rings is 1. The molecule has 1 heterocycles. The van der Waals surface area contributed by atoms with Gasteiger partial charge in [0, 0.05) is 25.6 Å². The second kappa shape index (κ2) is 10.5. The van der Waals surface area contributed by atoms with E-state index in [2.05, 4.69) is 10.6 Å². The van der Waals surface area contributed by atoms with Gasteiger partial charge < -0.3 is 25.4 Å². The molecule has 1 aliphatic heterocycles. The first-order valence-electron chi connectivity index (χ1n) is 10.6. The van der Waals surface area contributed by atoms with Crippen molar-refractivity contribution in [3.05, 3.63) is 23.8 Å². The van der Waals surface area contributed by atoms with Gasteiger partial charge in [0.05, 0.1) is 36.7 Å². The molecule has 0 fully saturated rings. The van der Waals surface area contributed by atoms with E-state index in [1.165, 1.54) is 11.4 Å². The number of likely N-dealkylation sites (N-methyl/N-ethyl adjacent to an activating group) is 1. The molecule has 10 nitrogen and oxygen atoms in total. The Balaban J connectivity index is 2.54. The minimum atomic E-state index is -3.46. The van der Waals surface area contributed by atoms with Crippen LogP contribution in [0.3, 0.4) is 0 Å². The van der Waals surface area contributed by atoms with Gasteiger partial charge in [-0.2, -0.15) is 0 Å². The fraction of sp³-hybridized carbons (Fsp3) is 0.619. The van der Waals surface area contributed by atoms with Crippen molar-refractivity contribution >= 4 is 27.6 Å². The number of amides is 3. The van der Waals surface area contributed by atoms with Crippen LogP contribution < -0.4 is 15.4 Å². The van der Waals surface area contributed by atoms with E-state index in [9.17, 15) is 23.1 Å². The number of para-hydroxylation sites is 1. The summed E-state index contributed by atoms with van der Waals surface area (Å²) in [7, 11) is -2.00. The fourth-order valence-corrected chi connectivity index (χ4v) is 3.79. The van der Waals surface area contributed by atoms with Crippen molar-refractivity contribution < 1.29 is 27.9 Å². The van der Waals surface area contributed by atoms with Gasteiger partial charge in [-0.05, 0) is 32.9 Å². The number of hydrogen-bond donors (Lipinski definition) is 3. The van der Waals surface area contributed by atoms with Gasteiger partial charge in [0.25, 0.3) is 5.91 Å². The van der Waals surface area contributed by atoms with Gasteiger partial charge in [-0.25, -0.2) is 17.5 Å². The lowest BCUT2D eigenvalue weighted by atomic mass is 9.99. The topological polar surface area (TPSA) is 128 Å². The number of hydrogen-bond acceptors (Lipinski definition) is 6. The number of fused-ring (bicyclic) bond motifs is 1. The molecule has 0 radical (unpaired) electrons. The van der Waals surface area contributed by atoms with Gasteiger partial charge in [0.1, 0.15) is 6.10 Å². The minimum Gasteiger partial charge on any atom is -0.486 e. The van der Waals surface area contributed by atoms with Crippen LogP contribution in [0.5, 0.6) is 5.75 Å². The molecule has 11 heteroatoms. The Labute approximate surface area is 190 Å². The van der Waals surface area contributed by atoms with Crippen LogP contribution in [0, 0.1) is 5.92 Å². The van der Waals surface area contributed by atoms with Crippen molar-refractivity contribution in [3.63, 3.8) is 0 Å². The molecule has 0 saturated carbocycles.